The van der Waals surface area contributed by atoms with E-state index in [2.05, 4.69) is 13.8 Å². The highest BCUT2D eigenvalue weighted by Gasteiger charge is 2.60. The molecule has 0 aromatic carbocycles. The maximum absolute atomic E-state index is 12.9. The van der Waals surface area contributed by atoms with Crippen LogP contribution in [0.4, 0.5) is 0 Å². The number of allylic oxidation sites excluding steroid dienone is 1. The van der Waals surface area contributed by atoms with E-state index in [0.717, 1.165) is 32.1 Å². The van der Waals surface area contributed by atoms with Crippen LogP contribution in [0, 0.1) is 28.6 Å². The SMILES string of the molecule is C[C@]12CC[C@@H](O)CC1=CC(=O)C1C2CC[C@]2(C)C(=O)CCC12. The number of hydrogen-bond acceptors (Lipinski definition) is 3. The van der Waals surface area contributed by atoms with Crippen molar-refractivity contribution in [1.82, 2.24) is 0 Å². The van der Waals surface area contributed by atoms with Gasteiger partial charge in [0, 0.05) is 17.8 Å². The first-order valence-electron chi connectivity index (χ1n) is 8.82. The van der Waals surface area contributed by atoms with E-state index < -0.39 is 0 Å². The molecule has 3 unspecified atom stereocenters. The van der Waals surface area contributed by atoms with Crippen LogP contribution < -0.4 is 0 Å². The van der Waals surface area contributed by atoms with Crippen LogP contribution in [0.5, 0.6) is 0 Å². The molecule has 0 aromatic heterocycles. The van der Waals surface area contributed by atoms with Crippen LogP contribution in [0.15, 0.2) is 11.6 Å². The second-order valence-electron chi connectivity index (χ2n) is 8.54. The van der Waals surface area contributed by atoms with Crippen LogP contribution in [0.3, 0.4) is 0 Å². The summed E-state index contributed by atoms with van der Waals surface area (Å²) in [6.45, 7) is 4.40. The standard InChI is InChI=1S/C19H26O3/c1-18-7-5-12(20)9-11(18)10-15(21)17-13-3-4-16(22)19(13,2)8-6-14(17)18/h10,12-14,17,20H,3-9H2,1-2H3/t12-,13?,14?,17?,18+,19+/m1/s1. The van der Waals surface area contributed by atoms with Gasteiger partial charge in [0.15, 0.2) is 5.78 Å². The summed E-state index contributed by atoms with van der Waals surface area (Å²) in [4.78, 5) is 25.2. The molecule has 0 spiro atoms. The van der Waals surface area contributed by atoms with E-state index in [1.807, 2.05) is 6.08 Å². The van der Waals surface area contributed by atoms with Gasteiger partial charge in [-0.2, -0.15) is 0 Å². The fourth-order valence-electron chi connectivity index (χ4n) is 6.16. The van der Waals surface area contributed by atoms with Gasteiger partial charge in [-0.25, -0.2) is 0 Å². The molecule has 6 atom stereocenters. The van der Waals surface area contributed by atoms with E-state index >= 15 is 0 Å². The molecular weight excluding hydrogens is 276 g/mol. The molecule has 0 aliphatic heterocycles. The minimum absolute atomic E-state index is 0.0363. The van der Waals surface area contributed by atoms with Crippen molar-refractivity contribution in [2.24, 2.45) is 28.6 Å². The predicted octanol–water partition coefficient (Wildman–Crippen LogP) is 3.06. The maximum atomic E-state index is 12.9. The molecule has 0 aromatic rings. The number of carbonyl (C=O) groups excluding carboxylic acids is 2. The van der Waals surface area contributed by atoms with Gasteiger partial charge in [-0.1, -0.05) is 19.4 Å². The van der Waals surface area contributed by atoms with E-state index in [4.69, 9.17) is 0 Å². The van der Waals surface area contributed by atoms with Crippen molar-refractivity contribution in [2.75, 3.05) is 0 Å². The summed E-state index contributed by atoms with van der Waals surface area (Å²) >= 11 is 0. The first kappa shape index (κ1) is 14.6. The highest BCUT2D eigenvalue weighted by molar-refractivity contribution is 5.96. The van der Waals surface area contributed by atoms with Crippen molar-refractivity contribution in [1.29, 1.82) is 0 Å². The molecule has 22 heavy (non-hydrogen) atoms. The smallest absolute Gasteiger partial charge is 0.159 e. The van der Waals surface area contributed by atoms with Gasteiger partial charge in [-0.05, 0) is 61.9 Å². The van der Waals surface area contributed by atoms with Crippen molar-refractivity contribution in [3.63, 3.8) is 0 Å². The summed E-state index contributed by atoms with van der Waals surface area (Å²) in [5.41, 5.74) is 0.975. The summed E-state index contributed by atoms with van der Waals surface area (Å²) < 4.78 is 0. The molecule has 3 saturated carbocycles. The van der Waals surface area contributed by atoms with Crippen LogP contribution in [-0.2, 0) is 9.59 Å². The molecule has 0 amide bonds. The molecule has 4 aliphatic carbocycles. The lowest BCUT2D eigenvalue weighted by molar-refractivity contribution is -0.139. The van der Waals surface area contributed by atoms with Crippen molar-refractivity contribution < 1.29 is 14.7 Å². The summed E-state index contributed by atoms with van der Waals surface area (Å²) in [7, 11) is 0. The van der Waals surface area contributed by atoms with Gasteiger partial charge in [0.1, 0.15) is 5.78 Å². The zero-order valence-electron chi connectivity index (χ0n) is 13.6. The number of hydrogen-bond donors (Lipinski definition) is 1. The van der Waals surface area contributed by atoms with Crippen LogP contribution in [0.25, 0.3) is 0 Å². The second kappa shape index (κ2) is 4.53. The third-order valence-electron chi connectivity index (χ3n) is 7.63. The molecule has 0 bridgehead atoms. The zero-order chi connectivity index (χ0) is 15.7. The van der Waals surface area contributed by atoms with Gasteiger partial charge < -0.3 is 5.11 Å². The zero-order valence-corrected chi connectivity index (χ0v) is 13.6. The first-order valence-corrected chi connectivity index (χ1v) is 8.82. The molecular formula is C19H26O3. The normalized spacial score (nSPS) is 51.0. The van der Waals surface area contributed by atoms with Gasteiger partial charge in [0.2, 0.25) is 0 Å². The van der Waals surface area contributed by atoms with Gasteiger partial charge in [-0.3, -0.25) is 9.59 Å². The van der Waals surface area contributed by atoms with Gasteiger partial charge in [-0.15, -0.1) is 0 Å². The van der Waals surface area contributed by atoms with Crippen molar-refractivity contribution in [2.45, 2.75) is 64.9 Å². The van der Waals surface area contributed by atoms with Crippen LogP contribution in [0.2, 0.25) is 0 Å². The summed E-state index contributed by atoms with van der Waals surface area (Å²) in [5.74, 6) is 1.26. The quantitative estimate of drug-likeness (QED) is 0.748. The van der Waals surface area contributed by atoms with Crippen LogP contribution in [0.1, 0.15) is 58.8 Å². The Morgan fingerprint density at radius 3 is 2.50 bits per heavy atom. The third kappa shape index (κ3) is 1.72. The maximum Gasteiger partial charge on any atom is 0.159 e. The van der Waals surface area contributed by atoms with Gasteiger partial charge in [0.05, 0.1) is 6.10 Å². The lowest BCUT2D eigenvalue weighted by Crippen LogP contribution is -2.53. The fourth-order valence-corrected chi connectivity index (χ4v) is 6.16. The molecule has 4 aliphatic rings. The average Bonchev–Trinajstić information content (AvgIpc) is 2.77. The Morgan fingerprint density at radius 1 is 1.05 bits per heavy atom. The average molecular weight is 302 g/mol. The number of rotatable bonds is 0. The molecule has 0 heterocycles. The topological polar surface area (TPSA) is 54.4 Å². The second-order valence-corrected chi connectivity index (χ2v) is 8.54. The molecule has 1 N–H and O–H groups in total. The van der Waals surface area contributed by atoms with E-state index in [-0.39, 0.29) is 34.6 Å². The van der Waals surface area contributed by atoms with Gasteiger partial charge in [0.25, 0.3) is 0 Å². The highest BCUT2D eigenvalue weighted by atomic mass is 16.3. The molecule has 4 rings (SSSR count). The summed E-state index contributed by atoms with van der Waals surface area (Å²) in [5, 5.41) is 9.97. The molecule has 0 radical (unpaired) electrons. The number of fused-ring (bicyclic) bond motifs is 5. The Balaban J connectivity index is 1.76. The van der Waals surface area contributed by atoms with E-state index in [1.165, 1.54) is 5.57 Å². The van der Waals surface area contributed by atoms with Crippen molar-refractivity contribution in [3.05, 3.63) is 11.6 Å². The highest BCUT2D eigenvalue weighted by Crippen LogP contribution is 2.63. The molecule has 3 nitrogen and oxygen atoms in total. The Morgan fingerprint density at radius 2 is 1.73 bits per heavy atom. The number of aliphatic hydroxyl groups excluding tert-OH is 1. The fraction of sp³-hybridized carbons (Fsp3) is 0.789. The van der Waals surface area contributed by atoms with Crippen molar-refractivity contribution in [3.8, 4) is 0 Å². The minimum atomic E-state index is -0.286. The molecule has 0 saturated heterocycles. The monoisotopic (exact) mass is 302 g/mol. The Labute approximate surface area is 132 Å². The van der Waals surface area contributed by atoms with E-state index in [9.17, 15) is 14.7 Å². The summed E-state index contributed by atoms with van der Waals surface area (Å²) in [6.07, 6.45) is 7.51. The predicted molar refractivity (Wildman–Crippen MR) is 83.1 cm³/mol. The van der Waals surface area contributed by atoms with Crippen molar-refractivity contribution >= 4 is 11.6 Å². The number of Topliss-reactive ketones (excluding diaryl/α,β-unsaturated/α-hetero) is 1. The molecule has 3 fully saturated rings. The number of ketones is 2. The molecule has 120 valence electrons. The Kier molecular flexibility index (Phi) is 3.01. The van der Waals surface area contributed by atoms with E-state index in [0.29, 0.717) is 24.5 Å². The lowest BCUT2D eigenvalue weighted by atomic mass is 9.48. The Hall–Kier alpha value is -0.960. The van der Waals surface area contributed by atoms with Crippen LogP contribution >= 0.6 is 0 Å². The van der Waals surface area contributed by atoms with Gasteiger partial charge >= 0.3 is 0 Å². The number of aliphatic hydroxyl groups is 1. The largest absolute Gasteiger partial charge is 0.393 e. The molecule has 3 heteroatoms. The Bertz CT molecular complexity index is 577. The minimum Gasteiger partial charge on any atom is -0.393 e. The first-order chi connectivity index (χ1) is 10.4. The third-order valence-corrected chi connectivity index (χ3v) is 7.63. The number of carbonyl (C=O) groups is 2. The summed E-state index contributed by atoms with van der Waals surface area (Å²) in [6, 6.07) is 0. The van der Waals surface area contributed by atoms with Crippen LogP contribution in [-0.4, -0.2) is 22.8 Å². The lowest BCUT2D eigenvalue weighted by Gasteiger charge is -2.55. The van der Waals surface area contributed by atoms with E-state index in [1.54, 1.807) is 0 Å².